The van der Waals surface area contributed by atoms with E-state index >= 15 is 0 Å². The van der Waals surface area contributed by atoms with E-state index < -0.39 is 5.54 Å². The SMILES string of the molecule is Cc1ccc(C(=O)NC2(/C(N)=N/O)CCCCC2)cc1Br. The number of carbonyl (C=O) groups excluding carboxylic acids is 1. The number of aryl methyl sites for hydroxylation is 1. The third-order valence-electron chi connectivity index (χ3n) is 4.09. The third kappa shape index (κ3) is 3.37. The zero-order valence-corrected chi connectivity index (χ0v) is 13.6. The molecule has 0 atom stereocenters. The van der Waals surface area contributed by atoms with Gasteiger partial charge in [-0.3, -0.25) is 4.79 Å². The van der Waals surface area contributed by atoms with Gasteiger partial charge in [0, 0.05) is 10.0 Å². The Balaban J connectivity index is 2.23. The molecule has 0 heterocycles. The van der Waals surface area contributed by atoms with Gasteiger partial charge in [-0.25, -0.2) is 0 Å². The van der Waals surface area contributed by atoms with Crippen LogP contribution in [-0.2, 0) is 0 Å². The summed E-state index contributed by atoms with van der Waals surface area (Å²) >= 11 is 3.43. The molecule has 2 rings (SSSR count). The fourth-order valence-electron chi connectivity index (χ4n) is 2.72. The molecule has 0 spiro atoms. The lowest BCUT2D eigenvalue weighted by atomic mass is 9.80. The number of hydrogen-bond donors (Lipinski definition) is 3. The second-order valence-corrected chi connectivity index (χ2v) is 6.40. The summed E-state index contributed by atoms with van der Waals surface area (Å²) in [4.78, 5) is 12.5. The summed E-state index contributed by atoms with van der Waals surface area (Å²) in [7, 11) is 0. The first-order chi connectivity index (χ1) is 9.98. The molecule has 1 amide bonds. The molecule has 0 aliphatic heterocycles. The Morgan fingerprint density at radius 1 is 1.38 bits per heavy atom. The number of carbonyl (C=O) groups is 1. The van der Waals surface area contributed by atoms with E-state index in [4.69, 9.17) is 10.9 Å². The van der Waals surface area contributed by atoms with Gasteiger partial charge in [0.25, 0.3) is 5.91 Å². The summed E-state index contributed by atoms with van der Waals surface area (Å²) in [6, 6.07) is 5.45. The molecule has 1 fully saturated rings. The predicted octanol–water partition coefficient (Wildman–Crippen LogP) is 2.94. The molecule has 21 heavy (non-hydrogen) atoms. The molecule has 114 valence electrons. The first kappa shape index (κ1) is 15.8. The van der Waals surface area contributed by atoms with Crippen molar-refractivity contribution in [2.24, 2.45) is 10.9 Å². The first-order valence-corrected chi connectivity index (χ1v) is 7.84. The molecule has 1 aliphatic carbocycles. The fourth-order valence-corrected chi connectivity index (χ4v) is 3.10. The Bertz CT molecular complexity index is 566. The van der Waals surface area contributed by atoms with Gasteiger partial charge >= 0.3 is 0 Å². The van der Waals surface area contributed by atoms with Crippen molar-refractivity contribution in [1.82, 2.24) is 5.32 Å². The highest BCUT2D eigenvalue weighted by Gasteiger charge is 2.38. The van der Waals surface area contributed by atoms with Crippen LogP contribution in [0.3, 0.4) is 0 Å². The van der Waals surface area contributed by atoms with Gasteiger partial charge in [0.2, 0.25) is 0 Å². The molecular formula is C15H20BrN3O2. The van der Waals surface area contributed by atoms with Gasteiger partial charge in [0.1, 0.15) is 5.54 Å². The van der Waals surface area contributed by atoms with E-state index in [-0.39, 0.29) is 11.7 Å². The molecular weight excluding hydrogens is 334 g/mol. The van der Waals surface area contributed by atoms with Crippen LogP contribution in [0, 0.1) is 6.92 Å². The Kier molecular flexibility index (Phi) is 4.88. The maximum atomic E-state index is 12.5. The average Bonchev–Trinajstić information content (AvgIpc) is 2.50. The molecule has 1 aromatic rings. The topological polar surface area (TPSA) is 87.7 Å². The van der Waals surface area contributed by atoms with Crippen molar-refractivity contribution >= 4 is 27.7 Å². The number of nitrogens with two attached hydrogens (primary N) is 1. The number of rotatable bonds is 3. The molecule has 5 nitrogen and oxygen atoms in total. The van der Waals surface area contributed by atoms with E-state index in [1.807, 2.05) is 13.0 Å². The standard InChI is InChI=1S/C15H20BrN3O2/c1-10-5-6-11(9-12(10)16)13(20)18-15(14(17)19-21)7-3-2-4-8-15/h5-6,9,21H,2-4,7-8H2,1H3,(H2,17,19)(H,18,20). The van der Waals surface area contributed by atoms with Crippen molar-refractivity contribution in [3.63, 3.8) is 0 Å². The highest BCUT2D eigenvalue weighted by Crippen LogP contribution is 2.29. The fraction of sp³-hybridized carbons (Fsp3) is 0.467. The molecule has 0 aromatic heterocycles. The minimum atomic E-state index is -0.735. The number of oxime groups is 1. The number of halogens is 1. The number of amidine groups is 1. The minimum Gasteiger partial charge on any atom is -0.409 e. The number of amides is 1. The predicted molar refractivity (Wildman–Crippen MR) is 85.6 cm³/mol. The zero-order valence-electron chi connectivity index (χ0n) is 12.0. The van der Waals surface area contributed by atoms with Crippen LogP contribution >= 0.6 is 15.9 Å². The van der Waals surface area contributed by atoms with Crippen molar-refractivity contribution < 1.29 is 10.0 Å². The van der Waals surface area contributed by atoms with Gasteiger partial charge in [0.15, 0.2) is 5.84 Å². The Morgan fingerprint density at radius 2 is 2.05 bits per heavy atom. The summed E-state index contributed by atoms with van der Waals surface area (Å²) in [5.41, 5.74) is 6.73. The van der Waals surface area contributed by atoms with E-state index in [0.717, 1.165) is 29.3 Å². The van der Waals surface area contributed by atoms with Crippen molar-refractivity contribution in [1.29, 1.82) is 0 Å². The quantitative estimate of drug-likeness (QED) is 0.338. The molecule has 0 saturated heterocycles. The number of benzene rings is 1. The van der Waals surface area contributed by atoms with Crippen molar-refractivity contribution in [2.75, 3.05) is 0 Å². The van der Waals surface area contributed by atoms with Crippen LogP contribution < -0.4 is 11.1 Å². The van der Waals surface area contributed by atoms with Gasteiger partial charge in [-0.2, -0.15) is 0 Å². The molecule has 1 aliphatic rings. The van der Waals surface area contributed by atoms with E-state index in [0.29, 0.717) is 18.4 Å². The van der Waals surface area contributed by atoms with Gasteiger partial charge < -0.3 is 16.3 Å². The summed E-state index contributed by atoms with van der Waals surface area (Å²) in [5.74, 6) is -0.120. The second kappa shape index (κ2) is 6.47. The van der Waals surface area contributed by atoms with Gasteiger partial charge in [-0.05, 0) is 37.5 Å². The van der Waals surface area contributed by atoms with Crippen molar-refractivity contribution in [3.8, 4) is 0 Å². The van der Waals surface area contributed by atoms with E-state index in [9.17, 15) is 4.79 Å². The average molecular weight is 354 g/mol. The molecule has 0 radical (unpaired) electrons. The lowest BCUT2D eigenvalue weighted by Gasteiger charge is -2.36. The summed E-state index contributed by atoms with van der Waals surface area (Å²) < 4.78 is 0.886. The zero-order chi connectivity index (χ0) is 15.5. The largest absolute Gasteiger partial charge is 0.409 e. The number of hydrogen-bond acceptors (Lipinski definition) is 3. The monoisotopic (exact) mass is 353 g/mol. The van der Waals surface area contributed by atoms with Crippen molar-refractivity contribution in [2.45, 2.75) is 44.6 Å². The minimum absolute atomic E-state index is 0.0849. The van der Waals surface area contributed by atoms with Crippen LogP contribution in [0.1, 0.15) is 48.0 Å². The van der Waals surface area contributed by atoms with Gasteiger partial charge in [-0.1, -0.05) is 46.4 Å². The van der Waals surface area contributed by atoms with E-state index in [1.165, 1.54) is 0 Å². The molecule has 0 bridgehead atoms. The highest BCUT2D eigenvalue weighted by atomic mass is 79.9. The summed E-state index contributed by atoms with van der Waals surface area (Å²) in [5, 5.41) is 15.1. The van der Waals surface area contributed by atoms with Gasteiger partial charge in [0.05, 0.1) is 0 Å². The Hall–Kier alpha value is -1.56. The first-order valence-electron chi connectivity index (χ1n) is 7.05. The lowest BCUT2D eigenvalue weighted by molar-refractivity contribution is 0.0905. The molecule has 1 saturated carbocycles. The van der Waals surface area contributed by atoms with Crippen LogP contribution in [0.5, 0.6) is 0 Å². The van der Waals surface area contributed by atoms with Crippen LogP contribution in [0.25, 0.3) is 0 Å². The molecule has 1 aromatic carbocycles. The van der Waals surface area contributed by atoms with Crippen molar-refractivity contribution in [3.05, 3.63) is 33.8 Å². The Labute approximate surface area is 132 Å². The van der Waals surface area contributed by atoms with Gasteiger partial charge in [-0.15, -0.1) is 0 Å². The lowest BCUT2D eigenvalue weighted by Crippen LogP contribution is -2.58. The molecule has 0 unspecified atom stereocenters. The second-order valence-electron chi connectivity index (χ2n) is 5.55. The van der Waals surface area contributed by atoms with Crippen LogP contribution in [0.4, 0.5) is 0 Å². The number of nitrogens with one attached hydrogen (secondary N) is 1. The third-order valence-corrected chi connectivity index (χ3v) is 4.95. The smallest absolute Gasteiger partial charge is 0.252 e. The van der Waals surface area contributed by atoms with Crippen LogP contribution in [0.15, 0.2) is 27.8 Å². The Morgan fingerprint density at radius 3 is 2.62 bits per heavy atom. The maximum Gasteiger partial charge on any atom is 0.252 e. The van der Waals surface area contributed by atoms with E-state index in [1.54, 1.807) is 12.1 Å². The highest BCUT2D eigenvalue weighted by molar-refractivity contribution is 9.10. The van der Waals surface area contributed by atoms with Crippen LogP contribution in [0.2, 0.25) is 0 Å². The molecule has 4 N–H and O–H groups in total. The molecule has 6 heteroatoms. The summed E-state index contributed by atoms with van der Waals surface area (Å²) in [6.45, 7) is 1.96. The summed E-state index contributed by atoms with van der Waals surface area (Å²) in [6.07, 6.45) is 4.40. The number of nitrogens with zero attached hydrogens (tertiary/aromatic N) is 1. The van der Waals surface area contributed by atoms with E-state index in [2.05, 4.69) is 26.4 Å². The normalized spacial score (nSPS) is 18.3. The van der Waals surface area contributed by atoms with Crippen LogP contribution in [-0.4, -0.2) is 22.5 Å². The maximum absolute atomic E-state index is 12.5.